The van der Waals surface area contributed by atoms with Gasteiger partial charge in [-0.2, -0.15) is 0 Å². The van der Waals surface area contributed by atoms with Crippen molar-refractivity contribution in [3.63, 3.8) is 0 Å². The van der Waals surface area contributed by atoms with Crippen LogP contribution in [0.4, 0.5) is 0 Å². The van der Waals surface area contributed by atoms with E-state index in [9.17, 15) is 0 Å². The Morgan fingerprint density at radius 1 is 1.36 bits per heavy atom. The van der Waals surface area contributed by atoms with Crippen LogP contribution in [0, 0.1) is 0 Å². The first kappa shape index (κ1) is 16.3. The number of thiazole rings is 1. The summed E-state index contributed by atoms with van der Waals surface area (Å²) < 4.78 is 10.7. The first-order valence-corrected chi connectivity index (χ1v) is 9.28. The number of piperazine rings is 1. The number of benzene rings is 1. The number of para-hydroxylation sites is 1. The summed E-state index contributed by atoms with van der Waals surface area (Å²) in [6, 6.07) is 10.5. The second kappa shape index (κ2) is 7.39. The van der Waals surface area contributed by atoms with Gasteiger partial charge in [-0.25, -0.2) is 4.98 Å². The molecule has 4 rings (SSSR count). The van der Waals surface area contributed by atoms with E-state index in [4.69, 9.17) is 14.1 Å². The molecule has 0 radical (unpaired) electrons. The third-order valence-corrected chi connectivity index (χ3v) is 5.48. The molecule has 0 amide bonds. The summed E-state index contributed by atoms with van der Waals surface area (Å²) in [6.07, 6.45) is 3.43. The first-order chi connectivity index (χ1) is 12.3. The van der Waals surface area contributed by atoms with Gasteiger partial charge in [0.25, 0.3) is 0 Å². The maximum Gasteiger partial charge on any atom is 0.126 e. The van der Waals surface area contributed by atoms with Crippen LogP contribution in [0.25, 0.3) is 10.6 Å². The molecule has 0 spiro atoms. The van der Waals surface area contributed by atoms with Gasteiger partial charge in [0.2, 0.25) is 0 Å². The molecule has 0 bridgehead atoms. The quantitative estimate of drug-likeness (QED) is 0.758. The Morgan fingerprint density at radius 3 is 3.12 bits per heavy atom. The zero-order valence-electron chi connectivity index (χ0n) is 14.1. The number of furan rings is 1. The van der Waals surface area contributed by atoms with Crippen LogP contribution >= 0.6 is 11.3 Å². The zero-order valence-corrected chi connectivity index (χ0v) is 15.0. The van der Waals surface area contributed by atoms with Gasteiger partial charge in [0.15, 0.2) is 0 Å². The second-order valence-electron chi connectivity index (χ2n) is 6.09. The van der Waals surface area contributed by atoms with Gasteiger partial charge in [-0.05, 0) is 12.1 Å². The topological polar surface area (TPSA) is 50.5 Å². The minimum Gasteiger partial charge on any atom is -0.496 e. The van der Waals surface area contributed by atoms with Crippen molar-refractivity contribution < 1.29 is 9.15 Å². The number of methoxy groups -OCH3 is 1. The molecule has 130 valence electrons. The number of aromatic nitrogens is 1. The lowest BCUT2D eigenvalue weighted by Gasteiger charge is -2.36. The third kappa shape index (κ3) is 3.46. The van der Waals surface area contributed by atoms with E-state index >= 15 is 0 Å². The summed E-state index contributed by atoms with van der Waals surface area (Å²) in [4.78, 5) is 7.26. The molecule has 1 fully saturated rings. The van der Waals surface area contributed by atoms with Gasteiger partial charge in [0.1, 0.15) is 17.0 Å². The van der Waals surface area contributed by atoms with Gasteiger partial charge < -0.3 is 14.5 Å². The van der Waals surface area contributed by atoms with Crippen LogP contribution in [-0.4, -0.2) is 36.6 Å². The zero-order chi connectivity index (χ0) is 17.1. The van der Waals surface area contributed by atoms with Gasteiger partial charge in [-0.1, -0.05) is 18.2 Å². The Bertz CT molecular complexity index is 816. The van der Waals surface area contributed by atoms with E-state index in [-0.39, 0.29) is 6.04 Å². The number of rotatable bonds is 5. The molecule has 0 saturated carbocycles. The Hall–Kier alpha value is -2.15. The van der Waals surface area contributed by atoms with Gasteiger partial charge in [-0.3, -0.25) is 4.90 Å². The predicted molar refractivity (Wildman–Crippen MR) is 98.8 cm³/mol. The van der Waals surface area contributed by atoms with Crippen LogP contribution in [-0.2, 0) is 6.54 Å². The largest absolute Gasteiger partial charge is 0.496 e. The average molecular weight is 355 g/mol. The van der Waals surface area contributed by atoms with E-state index in [1.54, 1.807) is 31.0 Å². The maximum atomic E-state index is 5.57. The number of ether oxygens (including phenoxy) is 1. The van der Waals surface area contributed by atoms with Crippen LogP contribution in [0.3, 0.4) is 0 Å². The van der Waals surface area contributed by atoms with Gasteiger partial charge in [0, 0.05) is 42.7 Å². The molecule has 1 saturated heterocycles. The molecule has 0 aliphatic carbocycles. The Balaban J connectivity index is 1.55. The number of hydrogen-bond acceptors (Lipinski definition) is 6. The highest BCUT2D eigenvalue weighted by Crippen LogP contribution is 2.32. The Kier molecular flexibility index (Phi) is 4.83. The molecule has 6 heteroatoms. The fourth-order valence-corrected chi connectivity index (χ4v) is 4.09. The van der Waals surface area contributed by atoms with E-state index in [2.05, 4.69) is 27.7 Å². The number of nitrogens with one attached hydrogen (secondary N) is 1. The normalized spacial score (nSPS) is 18.4. The maximum absolute atomic E-state index is 5.57. The summed E-state index contributed by atoms with van der Waals surface area (Å²) >= 11 is 1.66. The molecule has 1 N–H and O–H groups in total. The lowest BCUT2D eigenvalue weighted by molar-refractivity contribution is 0.149. The molecule has 1 unspecified atom stereocenters. The fourth-order valence-electron chi connectivity index (χ4n) is 3.29. The summed E-state index contributed by atoms with van der Waals surface area (Å²) in [5.41, 5.74) is 3.36. The Labute approximate surface area is 151 Å². The van der Waals surface area contributed by atoms with Gasteiger partial charge in [0.05, 0.1) is 25.1 Å². The molecule has 1 atom stereocenters. The number of hydrogen-bond donors (Lipinski definition) is 1. The standard InChI is InChI=1S/C19H21N3O2S/c1-23-18-5-3-2-4-16(18)17-10-20-7-8-22(17)11-15-13-25-19(21-15)14-6-9-24-12-14/h2-6,9,12-13,17,20H,7-8,10-11H2,1H3. The second-order valence-corrected chi connectivity index (χ2v) is 6.95. The van der Waals surface area contributed by atoms with Crippen molar-refractivity contribution in [2.45, 2.75) is 12.6 Å². The van der Waals surface area contributed by atoms with Crippen molar-refractivity contribution in [3.8, 4) is 16.3 Å². The molecular formula is C19H21N3O2S. The molecule has 1 aromatic carbocycles. The molecule has 3 heterocycles. The summed E-state index contributed by atoms with van der Waals surface area (Å²) in [7, 11) is 1.73. The molecule has 1 aliphatic rings. The van der Waals surface area contributed by atoms with Crippen molar-refractivity contribution in [2.75, 3.05) is 26.7 Å². The lowest BCUT2D eigenvalue weighted by Crippen LogP contribution is -2.45. The predicted octanol–water partition coefficient (Wildman–Crippen LogP) is 3.56. The van der Waals surface area contributed by atoms with Gasteiger partial charge in [-0.15, -0.1) is 11.3 Å². The van der Waals surface area contributed by atoms with Crippen LogP contribution in [0.5, 0.6) is 5.75 Å². The van der Waals surface area contributed by atoms with E-state index in [0.717, 1.165) is 48.2 Å². The average Bonchev–Trinajstić information content (AvgIpc) is 3.34. The fraction of sp³-hybridized carbons (Fsp3) is 0.316. The minimum absolute atomic E-state index is 0.281. The molecule has 5 nitrogen and oxygen atoms in total. The third-order valence-electron chi connectivity index (χ3n) is 4.54. The van der Waals surface area contributed by atoms with Crippen molar-refractivity contribution in [3.05, 3.63) is 59.5 Å². The molecule has 1 aliphatic heterocycles. The van der Waals surface area contributed by atoms with Crippen molar-refractivity contribution >= 4 is 11.3 Å². The van der Waals surface area contributed by atoms with Crippen LogP contribution in [0.1, 0.15) is 17.3 Å². The van der Waals surface area contributed by atoms with Crippen LogP contribution in [0.15, 0.2) is 52.7 Å². The summed E-state index contributed by atoms with van der Waals surface area (Å²) in [6.45, 7) is 3.73. The highest BCUT2D eigenvalue weighted by atomic mass is 32.1. The van der Waals surface area contributed by atoms with Crippen molar-refractivity contribution in [2.24, 2.45) is 0 Å². The molecular weight excluding hydrogens is 334 g/mol. The van der Waals surface area contributed by atoms with Crippen molar-refractivity contribution in [1.29, 1.82) is 0 Å². The summed E-state index contributed by atoms with van der Waals surface area (Å²) in [5, 5.41) is 6.65. The monoisotopic (exact) mass is 355 g/mol. The minimum atomic E-state index is 0.281. The van der Waals surface area contributed by atoms with E-state index in [1.807, 2.05) is 18.2 Å². The molecule has 2 aromatic heterocycles. The van der Waals surface area contributed by atoms with E-state index < -0.39 is 0 Å². The van der Waals surface area contributed by atoms with E-state index in [1.165, 1.54) is 5.56 Å². The van der Waals surface area contributed by atoms with Crippen molar-refractivity contribution in [1.82, 2.24) is 15.2 Å². The van der Waals surface area contributed by atoms with Crippen LogP contribution in [0.2, 0.25) is 0 Å². The SMILES string of the molecule is COc1ccccc1C1CNCCN1Cc1csc(-c2ccoc2)n1. The molecule has 25 heavy (non-hydrogen) atoms. The highest BCUT2D eigenvalue weighted by molar-refractivity contribution is 7.13. The number of nitrogens with zero attached hydrogens (tertiary/aromatic N) is 2. The molecule has 3 aromatic rings. The van der Waals surface area contributed by atoms with E-state index in [0.29, 0.717) is 0 Å². The summed E-state index contributed by atoms with van der Waals surface area (Å²) in [5.74, 6) is 0.943. The van der Waals surface area contributed by atoms with Crippen LogP contribution < -0.4 is 10.1 Å². The smallest absolute Gasteiger partial charge is 0.126 e. The lowest BCUT2D eigenvalue weighted by atomic mass is 10.0. The highest BCUT2D eigenvalue weighted by Gasteiger charge is 2.26. The first-order valence-electron chi connectivity index (χ1n) is 8.40. The Morgan fingerprint density at radius 2 is 2.28 bits per heavy atom. The van der Waals surface area contributed by atoms with Gasteiger partial charge >= 0.3 is 0 Å².